The van der Waals surface area contributed by atoms with E-state index in [2.05, 4.69) is 0 Å². The van der Waals surface area contributed by atoms with Crippen molar-refractivity contribution in [2.24, 2.45) is 5.92 Å². The van der Waals surface area contributed by atoms with Crippen molar-refractivity contribution in [3.63, 3.8) is 0 Å². The molecule has 0 saturated carbocycles. The molecule has 0 spiro atoms. The molecule has 0 radical (unpaired) electrons. The Balaban J connectivity index is 2.65. The maximum Gasteiger partial charge on any atom is 0.227 e. The number of amides is 2. The normalized spacial score (nSPS) is 21.1. The molecule has 92 valence electrons. The van der Waals surface area contributed by atoms with Gasteiger partial charge in [-0.3, -0.25) is 9.59 Å². The molecule has 1 aliphatic heterocycles. The van der Waals surface area contributed by atoms with E-state index in [4.69, 9.17) is 0 Å². The van der Waals surface area contributed by atoms with Crippen LogP contribution in [0.1, 0.15) is 34.1 Å². The fourth-order valence-electron chi connectivity index (χ4n) is 1.94. The Bertz CT molecular complexity index is 287. The van der Waals surface area contributed by atoms with E-state index >= 15 is 0 Å². The third-order valence-electron chi connectivity index (χ3n) is 3.25. The molecule has 1 atom stereocenters. The highest BCUT2D eigenvalue weighted by atomic mass is 16.2. The molecule has 0 bridgehead atoms. The molecule has 1 fully saturated rings. The topological polar surface area (TPSA) is 40.6 Å². The van der Waals surface area contributed by atoms with Crippen LogP contribution in [0.3, 0.4) is 0 Å². The summed E-state index contributed by atoms with van der Waals surface area (Å²) in [7, 11) is 1.80. The number of hydrogen-bond donors (Lipinski definition) is 0. The van der Waals surface area contributed by atoms with Crippen molar-refractivity contribution < 1.29 is 9.59 Å². The van der Waals surface area contributed by atoms with Crippen LogP contribution in [0.5, 0.6) is 0 Å². The van der Waals surface area contributed by atoms with Crippen molar-refractivity contribution in [2.45, 2.75) is 46.2 Å². The smallest absolute Gasteiger partial charge is 0.227 e. The molecule has 1 saturated heterocycles. The van der Waals surface area contributed by atoms with Gasteiger partial charge in [0, 0.05) is 32.1 Å². The van der Waals surface area contributed by atoms with Gasteiger partial charge in [-0.1, -0.05) is 0 Å². The highest BCUT2D eigenvalue weighted by Crippen LogP contribution is 2.22. The molecular formula is C12H22N2O2. The molecule has 0 aliphatic carbocycles. The number of likely N-dealkylation sites (tertiary alicyclic amines) is 1. The lowest BCUT2D eigenvalue weighted by atomic mass is 10.1. The van der Waals surface area contributed by atoms with Crippen LogP contribution in [0, 0.1) is 5.92 Å². The van der Waals surface area contributed by atoms with Crippen LogP contribution in [0.2, 0.25) is 0 Å². The predicted octanol–water partition coefficient (Wildman–Crippen LogP) is 1.11. The van der Waals surface area contributed by atoms with Gasteiger partial charge in [0.15, 0.2) is 0 Å². The summed E-state index contributed by atoms with van der Waals surface area (Å²) in [6.07, 6.45) is 0.369. The minimum absolute atomic E-state index is 0.0894. The summed E-state index contributed by atoms with van der Waals surface area (Å²) in [5, 5.41) is 0. The molecule has 2 amide bonds. The van der Waals surface area contributed by atoms with Crippen molar-refractivity contribution in [3.05, 3.63) is 0 Å². The second kappa shape index (κ2) is 4.85. The average molecular weight is 226 g/mol. The average Bonchev–Trinajstić information content (AvgIpc) is 2.58. The quantitative estimate of drug-likeness (QED) is 0.723. The Kier molecular flexibility index (Phi) is 3.94. The van der Waals surface area contributed by atoms with E-state index in [1.165, 1.54) is 0 Å². The van der Waals surface area contributed by atoms with E-state index in [-0.39, 0.29) is 29.8 Å². The van der Waals surface area contributed by atoms with E-state index in [0.717, 1.165) is 0 Å². The van der Waals surface area contributed by atoms with Crippen LogP contribution in [0.15, 0.2) is 0 Å². The van der Waals surface area contributed by atoms with Crippen LogP contribution in [-0.2, 0) is 9.59 Å². The fourth-order valence-corrected chi connectivity index (χ4v) is 1.94. The van der Waals surface area contributed by atoms with E-state index in [9.17, 15) is 9.59 Å². The van der Waals surface area contributed by atoms with Crippen LogP contribution in [0.25, 0.3) is 0 Å². The SMILES string of the molecule is CC(C)N(C)C(=O)C1CC(=O)N(C(C)C)C1. The van der Waals surface area contributed by atoms with Gasteiger partial charge < -0.3 is 9.80 Å². The molecule has 0 aromatic carbocycles. The molecule has 4 nitrogen and oxygen atoms in total. The van der Waals surface area contributed by atoms with E-state index in [1.807, 2.05) is 27.7 Å². The number of rotatable bonds is 3. The van der Waals surface area contributed by atoms with Crippen LogP contribution in [0.4, 0.5) is 0 Å². The fraction of sp³-hybridized carbons (Fsp3) is 0.833. The summed E-state index contributed by atoms with van der Waals surface area (Å²) in [6.45, 7) is 8.50. The van der Waals surface area contributed by atoms with Gasteiger partial charge in [-0.2, -0.15) is 0 Å². The zero-order valence-corrected chi connectivity index (χ0v) is 10.9. The Morgan fingerprint density at radius 1 is 1.38 bits per heavy atom. The maximum atomic E-state index is 12.0. The van der Waals surface area contributed by atoms with Gasteiger partial charge >= 0.3 is 0 Å². The first kappa shape index (κ1) is 13.0. The Labute approximate surface area is 97.6 Å². The lowest BCUT2D eigenvalue weighted by Gasteiger charge is -2.25. The predicted molar refractivity (Wildman–Crippen MR) is 62.9 cm³/mol. The van der Waals surface area contributed by atoms with Crippen molar-refractivity contribution in [1.82, 2.24) is 9.80 Å². The monoisotopic (exact) mass is 226 g/mol. The standard InChI is InChI=1S/C12H22N2O2/c1-8(2)13(5)12(16)10-6-11(15)14(7-10)9(3)4/h8-10H,6-7H2,1-5H3. The Hall–Kier alpha value is -1.06. The van der Waals surface area contributed by atoms with Crippen LogP contribution >= 0.6 is 0 Å². The lowest BCUT2D eigenvalue weighted by Crippen LogP contribution is -2.39. The number of carbonyl (C=O) groups is 2. The summed E-state index contributed by atoms with van der Waals surface area (Å²) in [4.78, 5) is 27.2. The number of carbonyl (C=O) groups excluding carboxylic acids is 2. The molecule has 0 N–H and O–H groups in total. The van der Waals surface area contributed by atoms with Gasteiger partial charge in [0.25, 0.3) is 0 Å². The van der Waals surface area contributed by atoms with Gasteiger partial charge in [-0.25, -0.2) is 0 Å². The molecule has 1 aliphatic rings. The van der Waals surface area contributed by atoms with E-state index in [0.29, 0.717) is 13.0 Å². The van der Waals surface area contributed by atoms with Crippen molar-refractivity contribution in [3.8, 4) is 0 Å². The first-order valence-corrected chi connectivity index (χ1v) is 5.90. The molecule has 4 heteroatoms. The van der Waals surface area contributed by atoms with Crippen molar-refractivity contribution in [2.75, 3.05) is 13.6 Å². The van der Waals surface area contributed by atoms with E-state index < -0.39 is 0 Å². The first-order chi connectivity index (χ1) is 7.34. The van der Waals surface area contributed by atoms with Gasteiger partial charge in [0.05, 0.1) is 5.92 Å². The molecule has 1 heterocycles. The second-order valence-electron chi connectivity index (χ2n) is 5.08. The summed E-state index contributed by atoms with van der Waals surface area (Å²) in [5.41, 5.74) is 0. The number of nitrogens with zero attached hydrogens (tertiary/aromatic N) is 2. The Morgan fingerprint density at radius 3 is 2.31 bits per heavy atom. The van der Waals surface area contributed by atoms with Crippen LogP contribution in [-0.4, -0.2) is 47.3 Å². The minimum atomic E-state index is -0.151. The largest absolute Gasteiger partial charge is 0.343 e. The Morgan fingerprint density at radius 2 is 1.94 bits per heavy atom. The summed E-state index contributed by atoms with van der Waals surface area (Å²) in [6, 6.07) is 0.380. The van der Waals surface area contributed by atoms with Gasteiger partial charge in [0.2, 0.25) is 11.8 Å². The highest BCUT2D eigenvalue weighted by Gasteiger charge is 2.36. The molecule has 0 aromatic rings. The molecule has 1 rings (SSSR count). The van der Waals surface area contributed by atoms with Gasteiger partial charge in [-0.15, -0.1) is 0 Å². The maximum absolute atomic E-state index is 12.0. The third-order valence-corrected chi connectivity index (χ3v) is 3.25. The van der Waals surface area contributed by atoms with Gasteiger partial charge in [0.1, 0.15) is 0 Å². The zero-order valence-electron chi connectivity index (χ0n) is 10.9. The molecule has 16 heavy (non-hydrogen) atoms. The lowest BCUT2D eigenvalue weighted by molar-refractivity contribution is -0.136. The first-order valence-electron chi connectivity index (χ1n) is 5.90. The van der Waals surface area contributed by atoms with Crippen LogP contribution < -0.4 is 0 Å². The second-order valence-corrected chi connectivity index (χ2v) is 5.08. The highest BCUT2D eigenvalue weighted by molar-refractivity contribution is 5.89. The molecular weight excluding hydrogens is 204 g/mol. The third kappa shape index (κ3) is 2.54. The summed E-state index contributed by atoms with van der Waals surface area (Å²) >= 11 is 0. The van der Waals surface area contributed by atoms with Crippen molar-refractivity contribution >= 4 is 11.8 Å². The van der Waals surface area contributed by atoms with Crippen molar-refractivity contribution in [1.29, 1.82) is 0 Å². The summed E-state index contributed by atoms with van der Waals surface area (Å²) < 4.78 is 0. The van der Waals surface area contributed by atoms with Gasteiger partial charge in [-0.05, 0) is 27.7 Å². The summed E-state index contributed by atoms with van der Waals surface area (Å²) in [5.74, 6) is 0.0410. The molecule has 1 unspecified atom stereocenters. The molecule has 0 aromatic heterocycles. The number of hydrogen-bond acceptors (Lipinski definition) is 2. The minimum Gasteiger partial charge on any atom is -0.343 e. The zero-order chi connectivity index (χ0) is 12.5. The van der Waals surface area contributed by atoms with E-state index in [1.54, 1.807) is 16.8 Å².